The van der Waals surface area contributed by atoms with Gasteiger partial charge in [0.25, 0.3) is 0 Å². The zero-order valence-electron chi connectivity index (χ0n) is 17.0. The van der Waals surface area contributed by atoms with Crippen LogP contribution in [0.2, 0.25) is 0 Å². The fourth-order valence-electron chi connectivity index (χ4n) is 2.23. The van der Waals surface area contributed by atoms with Crippen molar-refractivity contribution < 1.29 is 13.6 Å². The fourth-order valence-corrected chi connectivity index (χ4v) is 2.86. The summed E-state index contributed by atoms with van der Waals surface area (Å²) in [6, 6.07) is 0. The Morgan fingerprint density at radius 2 is 0.792 bits per heavy atom. The largest absolute Gasteiger partial charge is 0.697 e. The van der Waals surface area contributed by atoms with E-state index in [0.29, 0.717) is 13.2 Å². The molecule has 24 heavy (non-hydrogen) atoms. The summed E-state index contributed by atoms with van der Waals surface area (Å²) >= 11 is 0. The zero-order chi connectivity index (χ0) is 18.3. The van der Waals surface area contributed by atoms with Gasteiger partial charge in [-0.2, -0.15) is 0 Å². The minimum Gasteiger partial charge on any atom is -0.119 e. The second-order valence-corrected chi connectivity index (χ2v) is 7.39. The maximum Gasteiger partial charge on any atom is 0.697 e. The van der Waals surface area contributed by atoms with Gasteiger partial charge in [-0.15, -0.1) is 9.05 Å². The lowest BCUT2D eigenvalue weighted by Gasteiger charge is -1.96. The van der Waals surface area contributed by atoms with E-state index >= 15 is 0 Å². The molecule has 0 aromatic carbocycles. The third-order valence-corrected chi connectivity index (χ3v) is 4.63. The molecule has 0 bridgehead atoms. The van der Waals surface area contributed by atoms with Crippen LogP contribution in [0.15, 0.2) is 0 Å². The summed E-state index contributed by atoms with van der Waals surface area (Å²) in [5.74, 6) is 0. The van der Waals surface area contributed by atoms with Gasteiger partial charge in [-0.1, -0.05) is 105 Å². The van der Waals surface area contributed by atoms with Crippen molar-refractivity contribution in [2.75, 3.05) is 13.2 Å². The highest BCUT2D eigenvalue weighted by Crippen LogP contribution is 2.24. The first kappa shape index (κ1) is 26.3. The first-order valence-electron chi connectivity index (χ1n) is 10.5. The summed E-state index contributed by atoms with van der Waals surface area (Å²) in [4.78, 5) is 0. The summed E-state index contributed by atoms with van der Waals surface area (Å²) < 4.78 is 21.6. The van der Waals surface area contributed by atoms with Gasteiger partial charge in [-0.3, -0.25) is 0 Å². The van der Waals surface area contributed by atoms with Crippen molar-refractivity contribution in [3.8, 4) is 0 Å². The normalized spacial score (nSPS) is 10.3. The van der Waals surface area contributed by atoms with Crippen molar-refractivity contribution >= 4 is 8.25 Å². The van der Waals surface area contributed by atoms with Crippen LogP contribution in [0.3, 0.4) is 0 Å². The third kappa shape index (κ3) is 26.9. The average molecular weight is 364 g/mol. The zero-order valence-corrected chi connectivity index (χ0v) is 17.9. The lowest BCUT2D eigenvalue weighted by atomic mass is 10.2. The van der Waals surface area contributed by atoms with E-state index in [-0.39, 0.29) is 0 Å². The molecule has 0 amide bonds. The van der Waals surface area contributed by atoms with Gasteiger partial charge in [0.2, 0.25) is 0 Å². The minimum absolute atomic E-state index is 0.564. The molecule has 0 unspecified atom stereocenters. The highest BCUT2D eigenvalue weighted by atomic mass is 31.1. The van der Waals surface area contributed by atoms with Crippen molar-refractivity contribution in [2.45, 2.75) is 118 Å². The van der Waals surface area contributed by atoms with Crippen molar-refractivity contribution in [2.24, 2.45) is 0 Å². The summed E-state index contributed by atoms with van der Waals surface area (Å²) in [6.07, 6.45) is 17.4. The molecule has 4 heteroatoms. The van der Waals surface area contributed by atoms with Crippen LogP contribution < -0.4 is 0 Å². The molecule has 0 aliphatic rings. The van der Waals surface area contributed by atoms with Gasteiger partial charge in [0.1, 0.15) is 13.2 Å². The van der Waals surface area contributed by atoms with E-state index < -0.39 is 8.25 Å². The fraction of sp³-hybridized carbons (Fsp3) is 1.00. The number of hydrogen-bond acceptors (Lipinski definition) is 3. The van der Waals surface area contributed by atoms with Crippen LogP contribution in [0.1, 0.15) is 118 Å². The molecule has 0 spiro atoms. The molecule has 0 aromatic heterocycles. The Hall–Kier alpha value is 0.0200. The first-order valence-corrected chi connectivity index (χ1v) is 11.5. The maximum atomic E-state index is 11.3. The second-order valence-electron chi connectivity index (χ2n) is 6.43. The molecule has 0 saturated carbocycles. The predicted octanol–water partition coefficient (Wildman–Crippen LogP) is 8.20. The molecule has 0 atom stereocenters. The predicted molar refractivity (Wildman–Crippen MR) is 107 cm³/mol. The van der Waals surface area contributed by atoms with Crippen molar-refractivity contribution in [1.29, 1.82) is 0 Å². The minimum atomic E-state index is -1.88. The molecule has 3 nitrogen and oxygen atoms in total. The first-order chi connectivity index (χ1) is 11.7. The molecule has 0 aliphatic heterocycles. The van der Waals surface area contributed by atoms with Crippen LogP contribution in [0.4, 0.5) is 0 Å². The smallest absolute Gasteiger partial charge is 0.119 e. The Bertz CT molecular complexity index is 213. The monoisotopic (exact) mass is 363 g/mol. The van der Waals surface area contributed by atoms with Crippen LogP contribution in [-0.2, 0) is 13.6 Å². The molecular weight excluding hydrogens is 319 g/mol. The summed E-state index contributed by atoms with van der Waals surface area (Å²) in [5, 5.41) is 0. The van der Waals surface area contributed by atoms with Gasteiger partial charge in [0, 0.05) is 4.57 Å². The van der Waals surface area contributed by atoms with E-state index in [1.807, 2.05) is 0 Å². The maximum absolute atomic E-state index is 11.3. The Labute approximate surface area is 153 Å². The van der Waals surface area contributed by atoms with E-state index in [1.54, 1.807) is 0 Å². The molecule has 0 aliphatic carbocycles. The van der Waals surface area contributed by atoms with E-state index in [0.717, 1.165) is 25.7 Å². The van der Waals surface area contributed by atoms with Gasteiger partial charge < -0.3 is 0 Å². The average Bonchev–Trinajstić information content (AvgIpc) is 2.59. The van der Waals surface area contributed by atoms with Crippen LogP contribution in [0.5, 0.6) is 0 Å². The highest BCUT2D eigenvalue weighted by molar-refractivity contribution is 7.33. The Morgan fingerprint density at radius 3 is 1.12 bits per heavy atom. The van der Waals surface area contributed by atoms with Gasteiger partial charge in [0.15, 0.2) is 0 Å². The van der Waals surface area contributed by atoms with Gasteiger partial charge in [0.05, 0.1) is 0 Å². The second kappa shape index (κ2) is 25.3. The Morgan fingerprint density at radius 1 is 0.500 bits per heavy atom. The molecule has 146 valence electrons. The van der Waals surface area contributed by atoms with E-state index in [1.165, 1.54) is 64.2 Å². The molecule has 0 fully saturated rings. The molecule has 0 heterocycles. The topological polar surface area (TPSA) is 35.5 Å². The van der Waals surface area contributed by atoms with E-state index in [4.69, 9.17) is 9.05 Å². The van der Waals surface area contributed by atoms with E-state index in [2.05, 4.69) is 27.7 Å². The molecule has 0 saturated heterocycles. The molecule has 0 radical (unpaired) electrons. The molecular formula is C20H44O3P+. The highest BCUT2D eigenvalue weighted by Gasteiger charge is 2.18. The molecule has 0 aromatic rings. The lowest BCUT2D eigenvalue weighted by Crippen LogP contribution is -1.92. The van der Waals surface area contributed by atoms with Gasteiger partial charge >= 0.3 is 8.25 Å². The number of unbranched alkanes of at least 4 members (excludes halogenated alkanes) is 11. The van der Waals surface area contributed by atoms with Crippen molar-refractivity contribution in [1.82, 2.24) is 0 Å². The van der Waals surface area contributed by atoms with Crippen molar-refractivity contribution in [3.05, 3.63) is 0 Å². The van der Waals surface area contributed by atoms with Crippen LogP contribution >= 0.6 is 8.25 Å². The molecule has 0 rings (SSSR count). The lowest BCUT2D eigenvalue weighted by molar-refractivity contribution is 0.218. The standard InChI is InChI=1S/C14H30O3P.C6H14/c1-3-5-7-9-11-13-16-18(15)17-14-12-10-8-6-4-2;1-3-5-6-4-2/h3-14H2,1-2H3;3-6H2,1-2H3/q+1;. The summed E-state index contributed by atoms with van der Waals surface area (Å²) in [7, 11) is -1.88. The summed E-state index contributed by atoms with van der Waals surface area (Å²) in [5.41, 5.74) is 0. The van der Waals surface area contributed by atoms with Crippen molar-refractivity contribution in [3.63, 3.8) is 0 Å². The summed E-state index contributed by atoms with van der Waals surface area (Å²) in [6.45, 7) is 9.98. The van der Waals surface area contributed by atoms with Gasteiger partial charge in [-0.05, 0) is 12.8 Å². The van der Waals surface area contributed by atoms with Crippen LogP contribution in [-0.4, -0.2) is 13.2 Å². The van der Waals surface area contributed by atoms with Gasteiger partial charge in [-0.25, -0.2) is 0 Å². The van der Waals surface area contributed by atoms with E-state index in [9.17, 15) is 4.57 Å². The number of rotatable bonds is 17. The Balaban J connectivity index is 0. The molecule has 0 N–H and O–H groups in total. The quantitative estimate of drug-likeness (QED) is 0.193. The number of hydrogen-bond donors (Lipinski definition) is 0. The third-order valence-electron chi connectivity index (χ3n) is 3.85. The van der Waals surface area contributed by atoms with Crippen LogP contribution in [0, 0.1) is 0 Å². The SMILES string of the molecule is CCCCCC.CCCCCCCO[P+](=O)OCCCCCCC. The van der Waals surface area contributed by atoms with Crippen LogP contribution in [0.25, 0.3) is 0 Å². The Kier molecular flexibility index (Phi) is 27.6.